The first-order chi connectivity index (χ1) is 17.0. The molecule has 2 aromatic rings. The maximum atomic E-state index is 13.7. The van der Waals surface area contributed by atoms with Gasteiger partial charge in [0.1, 0.15) is 0 Å². The van der Waals surface area contributed by atoms with Crippen molar-refractivity contribution in [2.75, 3.05) is 47.4 Å². The first-order valence-electron chi connectivity index (χ1n) is 12.4. The standard InChI is InChI=1S/C27H38N4O4/c1-6-13-31(14-7-2)15-9-12-29-26(32)24-20-16-22(34-4)23(35-5)17-21(20)27(33)30(3)25(24)19-10-8-11-28-18-19/h8,10-11,16-18,24-25H,6-7,9,12-15H2,1-5H3,(H,29,32)/t24-,25-/m1/s1. The van der Waals surface area contributed by atoms with Gasteiger partial charge < -0.3 is 24.6 Å². The van der Waals surface area contributed by atoms with Crippen LogP contribution in [0.3, 0.4) is 0 Å². The summed E-state index contributed by atoms with van der Waals surface area (Å²) in [7, 11) is 4.81. The molecular formula is C27H38N4O4. The highest BCUT2D eigenvalue weighted by molar-refractivity contribution is 6.02. The summed E-state index contributed by atoms with van der Waals surface area (Å²) in [6.07, 6.45) is 6.49. The third-order valence-electron chi connectivity index (χ3n) is 6.51. The zero-order valence-corrected chi connectivity index (χ0v) is 21.5. The van der Waals surface area contributed by atoms with Gasteiger partial charge in [-0.3, -0.25) is 14.6 Å². The zero-order valence-electron chi connectivity index (χ0n) is 21.5. The molecule has 1 aromatic heterocycles. The zero-order chi connectivity index (χ0) is 25.4. The Morgan fingerprint density at radius 1 is 1.11 bits per heavy atom. The number of rotatable bonds is 12. The molecule has 0 saturated heterocycles. The lowest BCUT2D eigenvalue weighted by Crippen LogP contribution is -2.46. The molecule has 8 nitrogen and oxygen atoms in total. The molecule has 0 saturated carbocycles. The van der Waals surface area contributed by atoms with Crippen molar-refractivity contribution in [2.45, 2.75) is 45.1 Å². The molecule has 2 atom stereocenters. The first kappa shape index (κ1) is 26.5. The number of fused-ring (bicyclic) bond motifs is 1. The molecule has 2 amide bonds. The van der Waals surface area contributed by atoms with Gasteiger partial charge in [-0.1, -0.05) is 19.9 Å². The second-order valence-corrected chi connectivity index (χ2v) is 8.91. The number of hydrogen-bond acceptors (Lipinski definition) is 6. The van der Waals surface area contributed by atoms with E-state index in [1.54, 1.807) is 43.6 Å². The number of nitrogens with zero attached hydrogens (tertiary/aromatic N) is 3. The van der Waals surface area contributed by atoms with Crippen LogP contribution in [-0.4, -0.2) is 74.0 Å². The van der Waals surface area contributed by atoms with Crippen LogP contribution in [0.1, 0.15) is 66.6 Å². The fraction of sp³-hybridized carbons (Fsp3) is 0.519. The molecule has 190 valence electrons. The van der Waals surface area contributed by atoms with Gasteiger partial charge in [0, 0.05) is 31.5 Å². The fourth-order valence-electron chi connectivity index (χ4n) is 4.89. The normalized spacial score (nSPS) is 17.3. The average molecular weight is 483 g/mol. The molecule has 0 fully saturated rings. The Hall–Kier alpha value is -3.13. The van der Waals surface area contributed by atoms with Gasteiger partial charge in [-0.05, 0) is 68.2 Å². The van der Waals surface area contributed by atoms with E-state index in [9.17, 15) is 9.59 Å². The molecule has 0 radical (unpaired) electrons. The summed E-state index contributed by atoms with van der Waals surface area (Å²) in [5, 5.41) is 3.14. The number of pyridine rings is 1. The van der Waals surface area contributed by atoms with E-state index in [1.165, 1.54) is 7.11 Å². The predicted molar refractivity (Wildman–Crippen MR) is 136 cm³/mol. The lowest BCUT2D eigenvalue weighted by molar-refractivity contribution is -0.124. The van der Waals surface area contributed by atoms with Crippen molar-refractivity contribution in [3.05, 3.63) is 53.3 Å². The monoisotopic (exact) mass is 482 g/mol. The van der Waals surface area contributed by atoms with Gasteiger partial charge in [-0.25, -0.2) is 0 Å². The van der Waals surface area contributed by atoms with Gasteiger partial charge in [0.05, 0.1) is 26.2 Å². The molecular weight excluding hydrogens is 444 g/mol. The maximum Gasteiger partial charge on any atom is 0.254 e. The van der Waals surface area contributed by atoms with Crippen LogP contribution in [0, 0.1) is 0 Å². The Kier molecular flexibility index (Phi) is 9.48. The largest absolute Gasteiger partial charge is 0.493 e. The molecule has 3 rings (SSSR count). The molecule has 8 heteroatoms. The number of hydrogen-bond donors (Lipinski definition) is 1. The SMILES string of the molecule is CCCN(CCC)CCCNC(=O)[C@@H]1c2cc(OC)c(OC)cc2C(=O)N(C)[C@@H]1c1cccnc1. The molecule has 0 unspecified atom stereocenters. The number of carbonyl (C=O) groups is 2. The predicted octanol–water partition coefficient (Wildman–Crippen LogP) is 3.64. The Balaban J connectivity index is 1.91. The number of nitrogens with one attached hydrogen (secondary N) is 1. The van der Waals surface area contributed by atoms with Crippen molar-refractivity contribution in [3.63, 3.8) is 0 Å². The Morgan fingerprint density at radius 2 is 1.80 bits per heavy atom. The molecule has 35 heavy (non-hydrogen) atoms. The minimum Gasteiger partial charge on any atom is -0.493 e. The molecule has 0 spiro atoms. The molecule has 0 aliphatic carbocycles. The summed E-state index contributed by atoms with van der Waals surface area (Å²) in [6, 6.07) is 6.67. The maximum absolute atomic E-state index is 13.7. The smallest absolute Gasteiger partial charge is 0.254 e. The highest BCUT2D eigenvalue weighted by Crippen LogP contribution is 2.45. The van der Waals surface area contributed by atoms with Crippen LogP contribution in [0.15, 0.2) is 36.7 Å². The summed E-state index contributed by atoms with van der Waals surface area (Å²) in [5.41, 5.74) is 1.89. The molecule has 0 bridgehead atoms. The van der Waals surface area contributed by atoms with Crippen molar-refractivity contribution in [2.24, 2.45) is 0 Å². The van der Waals surface area contributed by atoms with Gasteiger partial charge in [-0.2, -0.15) is 0 Å². The highest BCUT2D eigenvalue weighted by atomic mass is 16.5. The van der Waals surface area contributed by atoms with E-state index in [0.29, 0.717) is 29.2 Å². The molecule has 1 aromatic carbocycles. The van der Waals surface area contributed by atoms with Gasteiger partial charge >= 0.3 is 0 Å². The second kappa shape index (κ2) is 12.5. The van der Waals surface area contributed by atoms with Crippen LogP contribution < -0.4 is 14.8 Å². The van der Waals surface area contributed by atoms with E-state index in [2.05, 4.69) is 29.0 Å². The van der Waals surface area contributed by atoms with Crippen LogP contribution in [0.4, 0.5) is 0 Å². The van der Waals surface area contributed by atoms with Crippen molar-refractivity contribution >= 4 is 11.8 Å². The van der Waals surface area contributed by atoms with E-state index in [4.69, 9.17) is 9.47 Å². The molecule has 1 aliphatic rings. The molecule has 1 N–H and O–H groups in total. The number of amides is 2. The minimum atomic E-state index is -0.612. The average Bonchev–Trinajstić information content (AvgIpc) is 2.88. The van der Waals surface area contributed by atoms with Gasteiger partial charge in [0.15, 0.2) is 11.5 Å². The fourth-order valence-corrected chi connectivity index (χ4v) is 4.89. The number of carbonyl (C=O) groups excluding carboxylic acids is 2. The third-order valence-corrected chi connectivity index (χ3v) is 6.51. The van der Waals surface area contributed by atoms with Gasteiger partial charge in [0.25, 0.3) is 5.91 Å². The van der Waals surface area contributed by atoms with Crippen molar-refractivity contribution in [1.29, 1.82) is 0 Å². The second-order valence-electron chi connectivity index (χ2n) is 8.91. The lowest BCUT2D eigenvalue weighted by atomic mass is 9.79. The number of likely N-dealkylation sites (N-methyl/N-ethyl adjacent to an activating group) is 1. The summed E-state index contributed by atoms with van der Waals surface area (Å²) < 4.78 is 10.9. The number of benzene rings is 1. The van der Waals surface area contributed by atoms with Crippen LogP contribution in [-0.2, 0) is 4.79 Å². The van der Waals surface area contributed by atoms with Crippen molar-refractivity contribution in [3.8, 4) is 11.5 Å². The molecule has 2 heterocycles. The number of methoxy groups -OCH3 is 2. The van der Waals surface area contributed by atoms with Gasteiger partial charge in [-0.15, -0.1) is 0 Å². The van der Waals surface area contributed by atoms with Crippen molar-refractivity contribution in [1.82, 2.24) is 20.1 Å². The summed E-state index contributed by atoms with van der Waals surface area (Å²) >= 11 is 0. The van der Waals surface area contributed by atoms with Crippen molar-refractivity contribution < 1.29 is 19.1 Å². The Bertz CT molecular complexity index is 992. The van der Waals surface area contributed by atoms with E-state index in [1.807, 2.05) is 12.1 Å². The van der Waals surface area contributed by atoms with Gasteiger partial charge in [0.2, 0.25) is 5.91 Å². The summed E-state index contributed by atoms with van der Waals surface area (Å²) in [4.78, 5) is 35.4. The van der Waals surface area contributed by atoms with E-state index in [-0.39, 0.29) is 11.8 Å². The van der Waals surface area contributed by atoms with Crippen LogP contribution >= 0.6 is 0 Å². The molecule has 1 aliphatic heterocycles. The van der Waals surface area contributed by atoms with Crippen LogP contribution in [0.2, 0.25) is 0 Å². The highest BCUT2D eigenvalue weighted by Gasteiger charge is 2.43. The lowest BCUT2D eigenvalue weighted by Gasteiger charge is -2.40. The first-order valence-corrected chi connectivity index (χ1v) is 12.4. The quantitative estimate of drug-likeness (QED) is 0.465. The Labute approximate surface area is 208 Å². The van der Waals surface area contributed by atoms with E-state index < -0.39 is 12.0 Å². The minimum absolute atomic E-state index is 0.121. The number of aromatic nitrogens is 1. The van der Waals surface area contributed by atoms with E-state index in [0.717, 1.165) is 44.5 Å². The van der Waals surface area contributed by atoms with Crippen LogP contribution in [0.25, 0.3) is 0 Å². The topological polar surface area (TPSA) is 84.0 Å². The van der Waals surface area contributed by atoms with E-state index >= 15 is 0 Å². The summed E-state index contributed by atoms with van der Waals surface area (Å²) in [6.45, 7) is 8.01. The van der Waals surface area contributed by atoms with Crippen LogP contribution in [0.5, 0.6) is 11.5 Å². The Morgan fingerprint density at radius 3 is 2.40 bits per heavy atom. The summed E-state index contributed by atoms with van der Waals surface area (Å²) in [5.74, 6) is 0.0389. The third kappa shape index (κ3) is 5.93. The number of ether oxygens (including phenoxy) is 2.